The summed E-state index contributed by atoms with van der Waals surface area (Å²) < 4.78 is 1.63. The molecule has 0 aliphatic rings. The molecule has 6 nitrogen and oxygen atoms in total. The van der Waals surface area contributed by atoms with Crippen molar-refractivity contribution in [1.82, 2.24) is 9.78 Å². The van der Waals surface area contributed by atoms with Gasteiger partial charge in [0.25, 0.3) is 5.91 Å². The number of anilines is 1. The maximum absolute atomic E-state index is 12.0. The van der Waals surface area contributed by atoms with E-state index in [4.69, 9.17) is 5.11 Å². The van der Waals surface area contributed by atoms with Crippen molar-refractivity contribution in [3.63, 3.8) is 0 Å². The summed E-state index contributed by atoms with van der Waals surface area (Å²) in [5.41, 5.74) is 1.40. The zero-order valence-electron chi connectivity index (χ0n) is 11.0. The molecule has 20 heavy (non-hydrogen) atoms. The Labute approximate surface area is 119 Å². The molecule has 0 bridgehead atoms. The summed E-state index contributed by atoms with van der Waals surface area (Å²) in [6.07, 6.45) is 4.23. The minimum Gasteiger partial charge on any atom is -0.478 e. The monoisotopic (exact) mass is 291 g/mol. The van der Waals surface area contributed by atoms with Gasteiger partial charge < -0.3 is 10.4 Å². The number of amides is 1. The molecule has 0 aliphatic heterocycles. The SMILES string of the molecule is Cc1nn(C)cc1NC(=O)c1ccc(/C=C/C(=O)O)s1. The van der Waals surface area contributed by atoms with E-state index in [1.54, 1.807) is 30.1 Å². The van der Waals surface area contributed by atoms with E-state index in [-0.39, 0.29) is 5.91 Å². The zero-order chi connectivity index (χ0) is 14.7. The van der Waals surface area contributed by atoms with Crippen molar-refractivity contribution in [1.29, 1.82) is 0 Å². The lowest BCUT2D eigenvalue weighted by Crippen LogP contribution is -2.10. The Balaban J connectivity index is 2.10. The van der Waals surface area contributed by atoms with E-state index in [2.05, 4.69) is 10.4 Å². The van der Waals surface area contributed by atoms with Crippen molar-refractivity contribution in [2.45, 2.75) is 6.92 Å². The molecule has 7 heteroatoms. The summed E-state index contributed by atoms with van der Waals surface area (Å²) in [6.45, 7) is 1.81. The Morgan fingerprint density at radius 3 is 2.80 bits per heavy atom. The minimum absolute atomic E-state index is 0.235. The molecule has 2 N–H and O–H groups in total. The van der Waals surface area contributed by atoms with Gasteiger partial charge in [0.15, 0.2) is 0 Å². The Hall–Kier alpha value is -2.41. The van der Waals surface area contributed by atoms with Crippen LogP contribution in [0.2, 0.25) is 0 Å². The van der Waals surface area contributed by atoms with Crippen LogP contribution in [0.4, 0.5) is 5.69 Å². The molecule has 2 heterocycles. The number of aliphatic carboxylic acids is 1. The van der Waals surface area contributed by atoms with Gasteiger partial charge in [-0.25, -0.2) is 4.79 Å². The second-order valence-corrected chi connectivity index (χ2v) is 5.24. The zero-order valence-corrected chi connectivity index (χ0v) is 11.8. The molecule has 0 spiro atoms. The van der Waals surface area contributed by atoms with Crippen molar-refractivity contribution in [3.8, 4) is 0 Å². The molecule has 2 aromatic rings. The molecular formula is C13H13N3O3S. The number of carboxylic acids is 1. The van der Waals surface area contributed by atoms with Crippen molar-refractivity contribution in [3.05, 3.63) is 39.9 Å². The van der Waals surface area contributed by atoms with Gasteiger partial charge >= 0.3 is 5.97 Å². The molecule has 0 saturated carbocycles. The van der Waals surface area contributed by atoms with Crippen LogP contribution < -0.4 is 5.32 Å². The Morgan fingerprint density at radius 1 is 1.45 bits per heavy atom. The quantitative estimate of drug-likeness (QED) is 0.845. The molecule has 0 unspecified atom stereocenters. The van der Waals surface area contributed by atoms with Gasteiger partial charge in [-0.2, -0.15) is 5.10 Å². The number of hydrogen-bond donors (Lipinski definition) is 2. The summed E-state index contributed by atoms with van der Waals surface area (Å²) in [6, 6.07) is 3.36. The number of hydrogen-bond acceptors (Lipinski definition) is 4. The fraction of sp³-hybridized carbons (Fsp3) is 0.154. The fourth-order valence-electron chi connectivity index (χ4n) is 1.62. The van der Waals surface area contributed by atoms with Crippen LogP contribution in [-0.4, -0.2) is 26.8 Å². The van der Waals surface area contributed by atoms with E-state index in [1.807, 2.05) is 6.92 Å². The molecule has 104 valence electrons. The third kappa shape index (κ3) is 3.33. The smallest absolute Gasteiger partial charge is 0.328 e. The van der Waals surface area contributed by atoms with Crippen LogP contribution in [0.3, 0.4) is 0 Å². The maximum Gasteiger partial charge on any atom is 0.328 e. The normalized spacial score (nSPS) is 10.9. The number of carboxylic acid groups (broad SMARTS) is 1. The van der Waals surface area contributed by atoms with Gasteiger partial charge in [0.1, 0.15) is 0 Å². The number of rotatable bonds is 4. The largest absolute Gasteiger partial charge is 0.478 e. The van der Waals surface area contributed by atoms with E-state index >= 15 is 0 Å². The molecule has 1 amide bonds. The number of carbonyl (C=O) groups is 2. The number of thiophene rings is 1. The molecule has 0 fully saturated rings. The lowest BCUT2D eigenvalue weighted by Gasteiger charge is -2.00. The highest BCUT2D eigenvalue weighted by Gasteiger charge is 2.11. The molecule has 0 saturated heterocycles. The average molecular weight is 291 g/mol. The number of aryl methyl sites for hydroxylation is 2. The van der Waals surface area contributed by atoms with Crippen molar-refractivity contribution < 1.29 is 14.7 Å². The summed E-state index contributed by atoms with van der Waals surface area (Å²) >= 11 is 1.23. The molecule has 0 aliphatic carbocycles. The van der Waals surface area contributed by atoms with E-state index in [9.17, 15) is 9.59 Å². The van der Waals surface area contributed by atoms with Gasteiger partial charge in [-0.1, -0.05) is 0 Å². The van der Waals surface area contributed by atoms with Crippen LogP contribution in [0.25, 0.3) is 6.08 Å². The van der Waals surface area contributed by atoms with Crippen LogP contribution in [0, 0.1) is 6.92 Å². The van der Waals surface area contributed by atoms with Gasteiger partial charge in [0.05, 0.1) is 16.3 Å². The number of nitrogens with zero attached hydrogens (tertiary/aromatic N) is 2. The Kier molecular flexibility index (Phi) is 3.99. The molecule has 2 rings (SSSR count). The summed E-state index contributed by atoms with van der Waals surface area (Å²) in [7, 11) is 1.78. The fourth-order valence-corrected chi connectivity index (χ4v) is 2.43. The van der Waals surface area contributed by atoms with E-state index in [1.165, 1.54) is 17.4 Å². The first-order valence-corrected chi connectivity index (χ1v) is 6.60. The number of carbonyl (C=O) groups excluding carboxylic acids is 1. The number of aromatic nitrogens is 2. The van der Waals surface area contributed by atoms with Crippen molar-refractivity contribution in [2.75, 3.05) is 5.32 Å². The highest BCUT2D eigenvalue weighted by Crippen LogP contribution is 2.20. The van der Waals surface area contributed by atoms with Gasteiger partial charge in [0, 0.05) is 24.2 Å². The minimum atomic E-state index is -1.02. The second-order valence-electron chi connectivity index (χ2n) is 4.13. The summed E-state index contributed by atoms with van der Waals surface area (Å²) in [5.74, 6) is -1.25. The molecule has 0 aromatic carbocycles. The van der Waals surface area contributed by atoms with Crippen molar-refractivity contribution in [2.24, 2.45) is 7.05 Å². The predicted octanol–water partition coefficient (Wildman–Crippen LogP) is 2.14. The van der Waals surface area contributed by atoms with Gasteiger partial charge in [0.2, 0.25) is 0 Å². The highest BCUT2D eigenvalue weighted by molar-refractivity contribution is 7.15. The summed E-state index contributed by atoms with van der Waals surface area (Å²) in [5, 5.41) is 15.5. The first kappa shape index (κ1) is 14.0. The van der Waals surface area contributed by atoms with Crippen LogP contribution in [-0.2, 0) is 11.8 Å². The third-order valence-corrected chi connectivity index (χ3v) is 3.55. The topological polar surface area (TPSA) is 84.2 Å². The average Bonchev–Trinajstić information content (AvgIpc) is 2.94. The maximum atomic E-state index is 12.0. The molecule has 2 aromatic heterocycles. The second kappa shape index (κ2) is 5.70. The number of nitrogens with one attached hydrogen (secondary N) is 1. The first-order valence-electron chi connectivity index (χ1n) is 5.78. The lowest BCUT2D eigenvalue weighted by molar-refractivity contribution is -0.131. The van der Waals surface area contributed by atoms with Crippen LogP contribution in [0.5, 0.6) is 0 Å². The van der Waals surface area contributed by atoms with Gasteiger partial charge in [-0.15, -0.1) is 11.3 Å². The van der Waals surface area contributed by atoms with E-state index < -0.39 is 5.97 Å². The Morgan fingerprint density at radius 2 is 2.20 bits per heavy atom. The predicted molar refractivity (Wildman–Crippen MR) is 76.9 cm³/mol. The molecule has 0 atom stereocenters. The van der Waals surface area contributed by atoms with Gasteiger partial charge in [-0.05, 0) is 25.1 Å². The standard InChI is InChI=1S/C13H13N3O3S/c1-8-10(7-16(2)15-8)14-13(19)11-5-3-9(20-11)4-6-12(17)18/h3-7H,1-2H3,(H,14,19)(H,17,18)/b6-4+. The van der Waals surface area contributed by atoms with Crippen LogP contribution in [0.15, 0.2) is 24.4 Å². The molecular weight excluding hydrogens is 278 g/mol. The first-order chi connectivity index (χ1) is 9.45. The summed E-state index contributed by atoms with van der Waals surface area (Å²) in [4.78, 5) is 23.7. The lowest BCUT2D eigenvalue weighted by atomic mass is 10.3. The van der Waals surface area contributed by atoms with E-state index in [0.29, 0.717) is 15.4 Å². The Bertz CT molecular complexity index is 685. The van der Waals surface area contributed by atoms with Crippen molar-refractivity contribution >= 4 is 35.0 Å². The highest BCUT2D eigenvalue weighted by atomic mass is 32.1. The third-order valence-electron chi connectivity index (χ3n) is 2.50. The molecule has 0 radical (unpaired) electrons. The van der Waals surface area contributed by atoms with Crippen LogP contribution in [0.1, 0.15) is 20.2 Å². The van der Waals surface area contributed by atoms with E-state index in [0.717, 1.165) is 11.8 Å². The van der Waals surface area contributed by atoms with Gasteiger partial charge in [-0.3, -0.25) is 9.48 Å². The van der Waals surface area contributed by atoms with Crippen LogP contribution >= 0.6 is 11.3 Å².